The minimum Gasteiger partial charge on any atom is -0.382 e. The van der Waals surface area contributed by atoms with Crippen LogP contribution < -0.4 is 5.32 Å². The van der Waals surface area contributed by atoms with Gasteiger partial charge in [-0.05, 0) is 34.5 Å². The number of benzene rings is 1. The van der Waals surface area contributed by atoms with Crippen molar-refractivity contribution in [1.29, 1.82) is 0 Å². The molecule has 0 spiro atoms. The second-order valence-electron chi connectivity index (χ2n) is 3.92. The third-order valence-corrected chi connectivity index (χ3v) is 2.99. The normalized spacial score (nSPS) is 10.1. The van der Waals surface area contributed by atoms with Crippen molar-refractivity contribution in [2.45, 2.75) is 12.8 Å². The molecule has 1 aromatic rings. The number of para-hydroxylation sites is 1. The van der Waals surface area contributed by atoms with E-state index >= 15 is 0 Å². The van der Waals surface area contributed by atoms with E-state index in [4.69, 9.17) is 0 Å². The van der Waals surface area contributed by atoms with Gasteiger partial charge in [-0.1, -0.05) is 6.07 Å². The molecule has 0 radical (unpaired) electrons. The minimum absolute atomic E-state index is 0.0828. The first-order chi connectivity index (χ1) is 8.02. The van der Waals surface area contributed by atoms with Crippen LogP contribution in [0.1, 0.15) is 12.8 Å². The molecule has 3 nitrogen and oxygen atoms in total. The number of nitrogens with one attached hydrogen (secondary N) is 1. The molecule has 0 heterocycles. The zero-order chi connectivity index (χ0) is 12.8. The molecule has 1 N–H and O–H groups in total. The molecule has 0 saturated heterocycles. The molecule has 17 heavy (non-hydrogen) atoms. The van der Waals surface area contributed by atoms with Crippen LogP contribution in [0.2, 0.25) is 0 Å². The molecule has 1 rings (SSSR count). The van der Waals surface area contributed by atoms with E-state index in [0.29, 0.717) is 29.5 Å². The molecule has 1 amide bonds. The Balaban J connectivity index is 2.39. The van der Waals surface area contributed by atoms with Crippen LogP contribution >= 0.6 is 15.9 Å². The summed E-state index contributed by atoms with van der Waals surface area (Å²) in [7, 11) is 3.45. The van der Waals surface area contributed by atoms with E-state index < -0.39 is 0 Å². The van der Waals surface area contributed by atoms with Crippen molar-refractivity contribution >= 4 is 27.5 Å². The molecule has 0 atom stereocenters. The number of carbonyl (C=O) groups is 1. The SMILES string of the molecule is CN(C)C(=O)CCCNc1c(F)cccc1Br. The maximum absolute atomic E-state index is 13.4. The molecule has 0 saturated carbocycles. The molecule has 0 aliphatic carbocycles. The monoisotopic (exact) mass is 302 g/mol. The topological polar surface area (TPSA) is 32.3 Å². The van der Waals surface area contributed by atoms with Gasteiger partial charge in [0.15, 0.2) is 0 Å². The largest absolute Gasteiger partial charge is 0.382 e. The van der Waals surface area contributed by atoms with E-state index in [1.165, 1.54) is 6.07 Å². The van der Waals surface area contributed by atoms with E-state index in [9.17, 15) is 9.18 Å². The summed E-state index contributed by atoms with van der Waals surface area (Å²) in [5.74, 6) is -0.210. The van der Waals surface area contributed by atoms with Crippen molar-refractivity contribution < 1.29 is 9.18 Å². The van der Waals surface area contributed by atoms with E-state index in [-0.39, 0.29) is 11.7 Å². The van der Waals surface area contributed by atoms with Crippen LogP contribution in [0.3, 0.4) is 0 Å². The molecular weight excluding hydrogens is 287 g/mol. The molecule has 0 unspecified atom stereocenters. The average molecular weight is 303 g/mol. The highest BCUT2D eigenvalue weighted by molar-refractivity contribution is 9.10. The minimum atomic E-state index is -0.293. The third-order valence-electron chi connectivity index (χ3n) is 2.33. The summed E-state index contributed by atoms with van der Waals surface area (Å²) in [6.45, 7) is 0.569. The van der Waals surface area contributed by atoms with Crippen molar-refractivity contribution in [3.63, 3.8) is 0 Å². The van der Waals surface area contributed by atoms with Gasteiger partial charge in [-0.15, -0.1) is 0 Å². The first-order valence-electron chi connectivity index (χ1n) is 5.40. The van der Waals surface area contributed by atoms with Gasteiger partial charge >= 0.3 is 0 Å². The molecule has 1 aromatic carbocycles. The van der Waals surface area contributed by atoms with Gasteiger partial charge in [0, 0.05) is 31.5 Å². The third kappa shape index (κ3) is 4.34. The number of anilines is 1. The second-order valence-corrected chi connectivity index (χ2v) is 4.77. The maximum atomic E-state index is 13.4. The van der Waals surface area contributed by atoms with Gasteiger partial charge in [-0.2, -0.15) is 0 Å². The van der Waals surface area contributed by atoms with Crippen molar-refractivity contribution in [3.05, 3.63) is 28.5 Å². The van der Waals surface area contributed by atoms with E-state index in [0.717, 1.165) is 0 Å². The Bertz CT molecular complexity index is 376. The summed E-state index contributed by atoms with van der Waals surface area (Å²) in [5.41, 5.74) is 0.449. The number of amides is 1. The first kappa shape index (κ1) is 14.0. The summed E-state index contributed by atoms with van der Waals surface area (Å²) < 4.78 is 14.1. The van der Waals surface area contributed by atoms with Crippen LogP contribution in [-0.2, 0) is 4.79 Å². The molecule has 0 bridgehead atoms. The van der Waals surface area contributed by atoms with Gasteiger partial charge in [0.2, 0.25) is 5.91 Å². The summed E-state index contributed by atoms with van der Waals surface area (Å²) in [5, 5.41) is 2.98. The highest BCUT2D eigenvalue weighted by Gasteiger charge is 2.06. The Morgan fingerprint density at radius 2 is 2.18 bits per heavy atom. The van der Waals surface area contributed by atoms with Crippen LogP contribution in [-0.4, -0.2) is 31.4 Å². The summed E-state index contributed by atoms with van der Waals surface area (Å²) in [4.78, 5) is 12.9. The second kappa shape index (κ2) is 6.59. The molecule has 0 aliphatic heterocycles. The Morgan fingerprint density at radius 3 is 2.76 bits per heavy atom. The maximum Gasteiger partial charge on any atom is 0.222 e. The zero-order valence-corrected chi connectivity index (χ0v) is 11.6. The molecule has 5 heteroatoms. The van der Waals surface area contributed by atoms with E-state index in [1.54, 1.807) is 31.1 Å². The fraction of sp³-hybridized carbons (Fsp3) is 0.417. The number of halogens is 2. The van der Waals surface area contributed by atoms with Gasteiger partial charge in [0.1, 0.15) is 5.82 Å². The molecule has 0 aliphatic rings. The highest BCUT2D eigenvalue weighted by Crippen LogP contribution is 2.24. The van der Waals surface area contributed by atoms with Gasteiger partial charge < -0.3 is 10.2 Å². The molecule has 94 valence electrons. The van der Waals surface area contributed by atoms with Crippen LogP contribution in [0.4, 0.5) is 10.1 Å². The molecule has 0 aromatic heterocycles. The van der Waals surface area contributed by atoms with Gasteiger partial charge in [-0.3, -0.25) is 4.79 Å². The van der Waals surface area contributed by atoms with Crippen molar-refractivity contribution in [3.8, 4) is 0 Å². The predicted molar refractivity (Wildman–Crippen MR) is 70.5 cm³/mol. The standard InChI is InChI=1S/C12H16BrFN2O/c1-16(2)11(17)7-4-8-15-12-9(13)5-3-6-10(12)14/h3,5-6,15H,4,7-8H2,1-2H3. The van der Waals surface area contributed by atoms with Gasteiger partial charge in [0.25, 0.3) is 0 Å². The highest BCUT2D eigenvalue weighted by atomic mass is 79.9. The van der Waals surface area contributed by atoms with Crippen molar-refractivity contribution in [1.82, 2.24) is 4.90 Å². The summed E-state index contributed by atoms with van der Waals surface area (Å²) in [6.07, 6.45) is 1.14. The van der Waals surface area contributed by atoms with Crippen LogP contribution in [0.25, 0.3) is 0 Å². The van der Waals surface area contributed by atoms with Crippen molar-refractivity contribution in [2.24, 2.45) is 0 Å². The summed E-state index contributed by atoms with van der Waals surface area (Å²) in [6, 6.07) is 4.81. The summed E-state index contributed by atoms with van der Waals surface area (Å²) >= 11 is 3.27. The average Bonchev–Trinajstić information content (AvgIpc) is 2.27. The Labute approximate surface area is 109 Å². The lowest BCUT2D eigenvalue weighted by Gasteiger charge is -2.11. The lowest BCUT2D eigenvalue weighted by Crippen LogP contribution is -2.22. The lowest BCUT2D eigenvalue weighted by molar-refractivity contribution is -0.128. The van der Waals surface area contributed by atoms with Crippen LogP contribution in [0, 0.1) is 5.82 Å². The van der Waals surface area contributed by atoms with E-state index in [1.807, 2.05) is 0 Å². The Morgan fingerprint density at radius 1 is 1.47 bits per heavy atom. The number of rotatable bonds is 5. The quantitative estimate of drug-likeness (QED) is 0.848. The Kier molecular flexibility index (Phi) is 5.41. The fourth-order valence-electron chi connectivity index (χ4n) is 1.34. The zero-order valence-electron chi connectivity index (χ0n) is 9.96. The number of nitrogens with zero attached hydrogens (tertiary/aromatic N) is 1. The fourth-order valence-corrected chi connectivity index (χ4v) is 1.83. The van der Waals surface area contributed by atoms with E-state index in [2.05, 4.69) is 21.2 Å². The Hall–Kier alpha value is -1.10. The van der Waals surface area contributed by atoms with Crippen LogP contribution in [0.15, 0.2) is 22.7 Å². The number of hydrogen-bond donors (Lipinski definition) is 1. The molecule has 0 fully saturated rings. The lowest BCUT2D eigenvalue weighted by atomic mass is 10.2. The predicted octanol–water partition coefficient (Wildman–Crippen LogP) is 2.87. The smallest absolute Gasteiger partial charge is 0.222 e. The number of hydrogen-bond acceptors (Lipinski definition) is 2. The molecular formula is C12H16BrFN2O. The van der Waals surface area contributed by atoms with Crippen molar-refractivity contribution in [2.75, 3.05) is 26.0 Å². The van der Waals surface area contributed by atoms with Crippen LogP contribution in [0.5, 0.6) is 0 Å². The van der Waals surface area contributed by atoms with Gasteiger partial charge in [-0.25, -0.2) is 4.39 Å². The first-order valence-corrected chi connectivity index (χ1v) is 6.19. The van der Waals surface area contributed by atoms with Gasteiger partial charge in [0.05, 0.1) is 5.69 Å². The number of carbonyl (C=O) groups excluding carboxylic acids is 1.